The number of fused-ring (bicyclic) bond motifs is 1. The second-order valence-electron chi connectivity index (χ2n) is 4.00. The van der Waals surface area contributed by atoms with Crippen molar-refractivity contribution in [1.29, 1.82) is 0 Å². The van der Waals surface area contributed by atoms with Gasteiger partial charge < -0.3 is 5.73 Å². The molecule has 0 aliphatic carbocycles. The van der Waals surface area contributed by atoms with Crippen LogP contribution < -0.4 is 5.73 Å². The predicted octanol–water partition coefficient (Wildman–Crippen LogP) is 2.66. The van der Waals surface area contributed by atoms with Crippen molar-refractivity contribution in [2.75, 3.05) is 5.73 Å². The van der Waals surface area contributed by atoms with Gasteiger partial charge in [-0.25, -0.2) is 9.97 Å². The quantitative estimate of drug-likeness (QED) is 0.716. The Morgan fingerprint density at radius 1 is 1.29 bits per heavy atom. The molecule has 0 bridgehead atoms. The first-order chi connectivity index (χ1) is 8.16. The molecule has 2 N–H and O–H groups in total. The van der Waals surface area contributed by atoms with E-state index in [1.54, 1.807) is 0 Å². The first-order valence-electron chi connectivity index (χ1n) is 5.32. The smallest absolute Gasteiger partial charge is 0.180 e. The van der Waals surface area contributed by atoms with E-state index >= 15 is 0 Å². The van der Waals surface area contributed by atoms with Crippen LogP contribution in [0.4, 0.5) is 5.13 Å². The molecule has 0 fully saturated rings. The Labute approximate surface area is 103 Å². The number of anilines is 1. The van der Waals surface area contributed by atoms with Crippen LogP contribution in [0.1, 0.15) is 11.3 Å². The maximum Gasteiger partial charge on any atom is 0.180 e. The molecule has 0 radical (unpaired) electrons. The Hall–Kier alpha value is -1.88. The third-order valence-electron chi connectivity index (χ3n) is 2.78. The number of thiazole rings is 1. The van der Waals surface area contributed by atoms with Crippen LogP contribution in [0.15, 0.2) is 23.7 Å². The van der Waals surface area contributed by atoms with E-state index in [0.717, 1.165) is 28.3 Å². The standard InChI is InChI=1S/C12H12N4S/c1-7-4-3-5-16-10(8(2)14-11(7)16)9-6-17-12(13)15-9/h3-6H,1-2H3,(H2,13,15). The molecule has 17 heavy (non-hydrogen) atoms. The number of pyridine rings is 1. The lowest BCUT2D eigenvalue weighted by atomic mass is 10.3. The number of rotatable bonds is 1. The largest absolute Gasteiger partial charge is 0.375 e. The molecular formula is C12H12N4S. The first kappa shape index (κ1) is 10.3. The monoisotopic (exact) mass is 244 g/mol. The molecule has 0 saturated heterocycles. The molecule has 0 aliphatic heterocycles. The summed E-state index contributed by atoms with van der Waals surface area (Å²) in [6.45, 7) is 4.05. The molecule has 3 aromatic heterocycles. The molecule has 3 aromatic rings. The lowest BCUT2D eigenvalue weighted by Crippen LogP contribution is -1.91. The molecule has 0 unspecified atom stereocenters. The van der Waals surface area contributed by atoms with Crippen molar-refractivity contribution in [3.8, 4) is 11.4 Å². The number of nitrogens with two attached hydrogens (primary N) is 1. The fraction of sp³-hybridized carbons (Fsp3) is 0.167. The normalized spacial score (nSPS) is 11.2. The fourth-order valence-corrected chi connectivity index (χ4v) is 2.57. The van der Waals surface area contributed by atoms with Crippen LogP contribution in [0.5, 0.6) is 0 Å². The minimum atomic E-state index is 0.585. The molecule has 0 spiro atoms. The first-order valence-corrected chi connectivity index (χ1v) is 6.20. The Bertz CT molecular complexity index is 696. The van der Waals surface area contributed by atoms with E-state index in [4.69, 9.17) is 5.73 Å². The number of imidazole rings is 1. The Kier molecular flexibility index (Phi) is 2.16. The Morgan fingerprint density at radius 2 is 2.12 bits per heavy atom. The second kappa shape index (κ2) is 3.56. The van der Waals surface area contributed by atoms with Crippen molar-refractivity contribution in [3.63, 3.8) is 0 Å². The van der Waals surface area contributed by atoms with E-state index in [0.29, 0.717) is 5.13 Å². The van der Waals surface area contributed by atoms with Crippen molar-refractivity contribution >= 4 is 22.1 Å². The molecule has 86 valence electrons. The topological polar surface area (TPSA) is 56.2 Å². The summed E-state index contributed by atoms with van der Waals surface area (Å²) in [7, 11) is 0. The summed E-state index contributed by atoms with van der Waals surface area (Å²) in [5, 5.41) is 2.55. The molecule has 4 nitrogen and oxygen atoms in total. The Balaban J connectivity index is 2.36. The van der Waals surface area contributed by atoms with Crippen molar-refractivity contribution in [1.82, 2.24) is 14.4 Å². The molecule has 5 heteroatoms. The highest BCUT2D eigenvalue weighted by Gasteiger charge is 2.14. The van der Waals surface area contributed by atoms with Crippen LogP contribution in [0.25, 0.3) is 17.0 Å². The van der Waals surface area contributed by atoms with E-state index < -0.39 is 0 Å². The van der Waals surface area contributed by atoms with Gasteiger partial charge >= 0.3 is 0 Å². The van der Waals surface area contributed by atoms with Crippen molar-refractivity contribution in [2.45, 2.75) is 13.8 Å². The van der Waals surface area contributed by atoms with Crippen LogP contribution in [0.2, 0.25) is 0 Å². The van der Waals surface area contributed by atoms with Crippen molar-refractivity contribution in [2.24, 2.45) is 0 Å². The van der Waals surface area contributed by atoms with Crippen LogP contribution in [0, 0.1) is 13.8 Å². The molecule has 0 amide bonds. The zero-order chi connectivity index (χ0) is 12.0. The van der Waals surface area contributed by atoms with Gasteiger partial charge in [-0.05, 0) is 25.5 Å². The highest BCUT2D eigenvalue weighted by atomic mass is 32.1. The van der Waals surface area contributed by atoms with E-state index in [2.05, 4.69) is 27.4 Å². The summed E-state index contributed by atoms with van der Waals surface area (Å²) in [5.41, 5.74) is 10.7. The van der Waals surface area contributed by atoms with Gasteiger partial charge in [0.05, 0.1) is 11.4 Å². The second-order valence-corrected chi connectivity index (χ2v) is 4.89. The number of nitrogen functional groups attached to an aromatic ring is 1. The summed E-state index contributed by atoms with van der Waals surface area (Å²) in [5.74, 6) is 0. The van der Waals surface area contributed by atoms with Gasteiger partial charge in [0.2, 0.25) is 0 Å². The maximum atomic E-state index is 5.69. The lowest BCUT2D eigenvalue weighted by Gasteiger charge is -2.00. The fourth-order valence-electron chi connectivity index (χ4n) is 2.02. The van der Waals surface area contributed by atoms with Gasteiger partial charge in [0, 0.05) is 11.6 Å². The molecule has 0 aliphatic rings. The third-order valence-corrected chi connectivity index (χ3v) is 3.46. The van der Waals surface area contributed by atoms with Gasteiger partial charge in [-0.1, -0.05) is 6.07 Å². The van der Waals surface area contributed by atoms with E-state index in [1.807, 2.05) is 24.6 Å². The predicted molar refractivity (Wildman–Crippen MR) is 70.2 cm³/mol. The van der Waals surface area contributed by atoms with Gasteiger partial charge in [0.1, 0.15) is 11.3 Å². The zero-order valence-corrected chi connectivity index (χ0v) is 10.5. The number of hydrogen-bond donors (Lipinski definition) is 1. The number of nitrogens with zero attached hydrogens (tertiary/aromatic N) is 3. The van der Waals surface area contributed by atoms with Gasteiger partial charge in [-0.2, -0.15) is 0 Å². The average Bonchev–Trinajstić information content (AvgIpc) is 2.82. The van der Waals surface area contributed by atoms with Gasteiger partial charge in [0.25, 0.3) is 0 Å². The number of aryl methyl sites for hydroxylation is 2. The molecule has 3 rings (SSSR count). The molecule has 0 atom stereocenters. The van der Waals surface area contributed by atoms with Gasteiger partial charge in [-0.3, -0.25) is 4.40 Å². The summed E-state index contributed by atoms with van der Waals surface area (Å²) in [6.07, 6.45) is 2.01. The minimum Gasteiger partial charge on any atom is -0.375 e. The summed E-state index contributed by atoms with van der Waals surface area (Å²) >= 11 is 1.45. The molecule has 3 heterocycles. The SMILES string of the molecule is Cc1nc2c(C)cccn2c1-c1csc(N)n1. The molecular weight excluding hydrogens is 232 g/mol. The molecule has 0 aromatic carbocycles. The minimum absolute atomic E-state index is 0.585. The summed E-state index contributed by atoms with van der Waals surface area (Å²) < 4.78 is 2.07. The van der Waals surface area contributed by atoms with E-state index in [-0.39, 0.29) is 0 Å². The van der Waals surface area contributed by atoms with Crippen molar-refractivity contribution < 1.29 is 0 Å². The van der Waals surface area contributed by atoms with E-state index in [9.17, 15) is 0 Å². The average molecular weight is 244 g/mol. The lowest BCUT2D eigenvalue weighted by molar-refractivity contribution is 1.16. The summed E-state index contributed by atoms with van der Waals surface area (Å²) in [6, 6.07) is 4.07. The molecule has 0 saturated carbocycles. The van der Waals surface area contributed by atoms with Crippen LogP contribution >= 0.6 is 11.3 Å². The maximum absolute atomic E-state index is 5.69. The Morgan fingerprint density at radius 3 is 2.82 bits per heavy atom. The summed E-state index contributed by atoms with van der Waals surface area (Å²) in [4.78, 5) is 8.91. The third kappa shape index (κ3) is 1.51. The van der Waals surface area contributed by atoms with Crippen LogP contribution in [-0.4, -0.2) is 14.4 Å². The van der Waals surface area contributed by atoms with Crippen LogP contribution in [0.3, 0.4) is 0 Å². The van der Waals surface area contributed by atoms with Gasteiger partial charge in [-0.15, -0.1) is 11.3 Å². The highest BCUT2D eigenvalue weighted by Crippen LogP contribution is 2.27. The zero-order valence-electron chi connectivity index (χ0n) is 9.64. The number of hydrogen-bond acceptors (Lipinski definition) is 4. The van der Waals surface area contributed by atoms with Crippen molar-refractivity contribution in [3.05, 3.63) is 35.0 Å². The van der Waals surface area contributed by atoms with Gasteiger partial charge in [0.15, 0.2) is 5.13 Å². The number of aromatic nitrogens is 3. The highest BCUT2D eigenvalue weighted by molar-refractivity contribution is 7.13. The van der Waals surface area contributed by atoms with Crippen LogP contribution in [-0.2, 0) is 0 Å². The van der Waals surface area contributed by atoms with E-state index in [1.165, 1.54) is 11.3 Å².